The van der Waals surface area contributed by atoms with Crippen molar-refractivity contribution in [2.45, 2.75) is 25.5 Å². The lowest BCUT2D eigenvalue weighted by Gasteiger charge is -2.30. The molecule has 0 bridgehead atoms. The van der Waals surface area contributed by atoms with E-state index in [-0.39, 0.29) is 17.8 Å². The number of amides is 1. The lowest BCUT2D eigenvalue weighted by Crippen LogP contribution is -2.41. The zero-order valence-corrected chi connectivity index (χ0v) is 15.9. The fourth-order valence-corrected chi connectivity index (χ4v) is 3.80. The smallest absolute Gasteiger partial charge is 0.309 e. The van der Waals surface area contributed by atoms with E-state index in [2.05, 4.69) is 0 Å². The number of hydrogen-bond acceptors (Lipinski definition) is 4. The minimum atomic E-state index is -0.140. The molecule has 1 aliphatic heterocycles. The molecule has 1 heterocycles. The number of halogens is 2. The van der Waals surface area contributed by atoms with Crippen molar-refractivity contribution in [2.75, 3.05) is 25.4 Å². The number of carbonyl (C=O) groups excluding carboxylic acids is 2. The van der Waals surface area contributed by atoms with Gasteiger partial charge in [-0.3, -0.25) is 9.59 Å². The first-order valence-corrected chi connectivity index (χ1v) is 9.88. The standard InChI is InChI=1S/C17H21Cl2NO3S/c1-2-23-17(22)13-5-7-20(8-6-13)16(21)11-24-10-12-3-4-14(18)15(19)9-12/h3-4,9,13H,2,5-8,10-11H2,1H3. The van der Waals surface area contributed by atoms with Gasteiger partial charge in [-0.25, -0.2) is 0 Å². The average molecular weight is 390 g/mol. The third kappa shape index (κ3) is 5.57. The topological polar surface area (TPSA) is 46.6 Å². The minimum absolute atomic E-state index is 0.0714. The largest absolute Gasteiger partial charge is 0.466 e. The minimum Gasteiger partial charge on any atom is -0.466 e. The number of ether oxygens (including phenoxy) is 1. The first-order chi connectivity index (χ1) is 11.5. The van der Waals surface area contributed by atoms with Crippen LogP contribution in [0.3, 0.4) is 0 Å². The van der Waals surface area contributed by atoms with Crippen LogP contribution in [0, 0.1) is 5.92 Å². The molecule has 0 aromatic heterocycles. The van der Waals surface area contributed by atoms with E-state index >= 15 is 0 Å². The summed E-state index contributed by atoms with van der Waals surface area (Å²) < 4.78 is 5.04. The lowest BCUT2D eigenvalue weighted by atomic mass is 9.97. The van der Waals surface area contributed by atoms with Gasteiger partial charge in [-0.1, -0.05) is 29.3 Å². The van der Waals surface area contributed by atoms with Gasteiger partial charge in [0, 0.05) is 18.8 Å². The zero-order chi connectivity index (χ0) is 17.5. The maximum atomic E-state index is 12.3. The molecule has 0 radical (unpaired) electrons. The third-order valence-electron chi connectivity index (χ3n) is 3.95. The molecule has 0 aliphatic carbocycles. The van der Waals surface area contributed by atoms with Crippen LogP contribution in [0.25, 0.3) is 0 Å². The normalized spacial score (nSPS) is 15.4. The summed E-state index contributed by atoms with van der Waals surface area (Å²) in [6, 6.07) is 5.50. The number of hydrogen-bond donors (Lipinski definition) is 0. The first-order valence-electron chi connectivity index (χ1n) is 7.97. The quantitative estimate of drug-likeness (QED) is 0.689. The Kier molecular flexibility index (Phi) is 7.72. The fourth-order valence-electron chi connectivity index (χ4n) is 2.60. The molecule has 7 heteroatoms. The van der Waals surface area contributed by atoms with Crippen LogP contribution in [-0.4, -0.2) is 42.2 Å². The van der Waals surface area contributed by atoms with Gasteiger partial charge in [0.25, 0.3) is 0 Å². The summed E-state index contributed by atoms with van der Waals surface area (Å²) in [6.45, 7) is 3.45. The van der Waals surface area contributed by atoms with Gasteiger partial charge in [-0.15, -0.1) is 11.8 Å². The molecule has 0 atom stereocenters. The average Bonchev–Trinajstić information content (AvgIpc) is 2.58. The number of carbonyl (C=O) groups is 2. The van der Waals surface area contributed by atoms with Crippen molar-refractivity contribution < 1.29 is 14.3 Å². The number of esters is 1. The van der Waals surface area contributed by atoms with Crippen LogP contribution in [-0.2, 0) is 20.1 Å². The van der Waals surface area contributed by atoms with E-state index in [1.807, 2.05) is 24.0 Å². The molecule has 0 spiro atoms. The monoisotopic (exact) mass is 389 g/mol. The van der Waals surface area contributed by atoms with Crippen LogP contribution in [0.5, 0.6) is 0 Å². The number of nitrogens with zero attached hydrogens (tertiary/aromatic N) is 1. The molecule has 2 rings (SSSR count). The van der Waals surface area contributed by atoms with Crippen LogP contribution < -0.4 is 0 Å². The molecule has 1 saturated heterocycles. The SMILES string of the molecule is CCOC(=O)C1CCN(C(=O)CSCc2ccc(Cl)c(Cl)c2)CC1. The summed E-state index contributed by atoms with van der Waals surface area (Å²) in [4.78, 5) is 25.8. The van der Waals surface area contributed by atoms with Crippen molar-refractivity contribution >= 4 is 46.8 Å². The first kappa shape index (κ1) is 19.4. The van der Waals surface area contributed by atoms with E-state index in [0.717, 1.165) is 5.56 Å². The molecule has 0 saturated carbocycles. The molecule has 1 aromatic carbocycles. The number of rotatable bonds is 6. The second-order valence-electron chi connectivity index (χ2n) is 5.65. The van der Waals surface area contributed by atoms with Gasteiger partial charge < -0.3 is 9.64 Å². The Labute approximate surface area is 156 Å². The summed E-state index contributed by atoms with van der Waals surface area (Å²) in [5, 5.41) is 1.06. The highest BCUT2D eigenvalue weighted by molar-refractivity contribution is 7.99. The van der Waals surface area contributed by atoms with E-state index in [0.29, 0.717) is 54.1 Å². The summed E-state index contributed by atoms with van der Waals surface area (Å²) >= 11 is 13.4. The van der Waals surface area contributed by atoms with Gasteiger partial charge in [0.05, 0.1) is 28.3 Å². The summed E-state index contributed by atoms with van der Waals surface area (Å²) in [7, 11) is 0. The Hall–Kier alpha value is -0.910. The van der Waals surface area contributed by atoms with Crippen molar-refractivity contribution in [3.8, 4) is 0 Å². The molecular formula is C17H21Cl2NO3S. The predicted molar refractivity (Wildman–Crippen MR) is 98.6 cm³/mol. The highest BCUT2D eigenvalue weighted by Crippen LogP contribution is 2.25. The third-order valence-corrected chi connectivity index (χ3v) is 5.67. The van der Waals surface area contributed by atoms with Gasteiger partial charge in [0.1, 0.15) is 0 Å². The number of piperidine rings is 1. The number of likely N-dealkylation sites (tertiary alicyclic amines) is 1. The van der Waals surface area contributed by atoms with Gasteiger partial charge in [-0.05, 0) is 37.5 Å². The molecule has 1 aromatic rings. The molecule has 1 fully saturated rings. The van der Waals surface area contributed by atoms with Gasteiger partial charge in [0.2, 0.25) is 5.91 Å². The summed E-state index contributed by atoms with van der Waals surface area (Å²) in [5.74, 6) is 1.03. The predicted octanol–water partition coefficient (Wildman–Crippen LogP) is 4.03. The Morgan fingerprint density at radius 1 is 1.25 bits per heavy atom. The molecule has 0 N–H and O–H groups in total. The second kappa shape index (κ2) is 9.54. The Bertz CT molecular complexity index is 589. The Morgan fingerprint density at radius 3 is 2.58 bits per heavy atom. The van der Waals surface area contributed by atoms with E-state index in [9.17, 15) is 9.59 Å². The molecule has 4 nitrogen and oxygen atoms in total. The van der Waals surface area contributed by atoms with E-state index in [1.165, 1.54) is 0 Å². The van der Waals surface area contributed by atoms with Crippen LogP contribution >= 0.6 is 35.0 Å². The summed E-state index contributed by atoms with van der Waals surface area (Å²) in [6.07, 6.45) is 1.37. The van der Waals surface area contributed by atoms with E-state index < -0.39 is 0 Å². The molecule has 1 amide bonds. The highest BCUT2D eigenvalue weighted by Gasteiger charge is 2.27. The van der Waals surface area contributed by atoms with Crippen molar-refractivity contribution in [2.24, 2.45) is 5.92 Å². The molecule has 0 unspecified atom stereocenters. The van der Waals surface area contributed by atoms with Crippen molar-refractivity contribution in [1.82, 2.24) is 4.90 Å². The highest BCUT2D eigenvalue weighted by atomic mass is 35.5. The maximum absolute atomic E-state index is 12.3. The molecule has 24 heavy (non-hydrogen) atoms. The van der Waals surface area contributed by atoms with Crippen molar-refractivity contribution in [3.63, 3.8) is 0 Å². The molecular weight excluding hydrogens is 369 g/mol. The Balaban J connectivity index is 1.72. The number of benzene rings is 1. The van der Waals surface area contributed by atoms with Gasteiger partial charge in [0.15, 0.2) is 0 Å². The van der Waals surface area contributed by atoms with Crippen LogP contribution in [0.2, 0.25) is 10.0 Å². The number of thioether (sulfide) groups is 1. The Morgan fingerprint density at radius 2 is 1.96 bits per heavy atom. The molecule has 1 aliphatic rings. The van der Waals surface area contributed by atoms with Gasteiger partial charge in [-0.2, -0.15) is 0 Å². The summed E-state index contributed by atoms with van der Waals surface area (Å²) in [5.41, 5.74) is 1.04. The van der Waals surface area contributed by atoms with Crippen molar-refractivity contribution in [1.29, 1.82) is 0 Å². The van der Waals surface area contributed by atoms with Crippen LogP contribution in [0.4, 0.5) is 0 Å². The fraction of sp³-hybridized carbons (Fsp3) is 0.529. The van der Waals surface area contributed by atoms with E-state index in [1.54, 1.807) is 17.8 Å². The van der Waals surface area contributed by atoms with Crippen LogP contribution in [0.1, 0.15) is 25.3 Å². The zero-order valence-electron chi connectivity index (χ0n) is 13.6. The molecule has 132 valence electrons. The second-order valence-corrected chi connectivity index (χ2v) is 7.45. The maximum Gasteiger partial charge on any atom is 0.309 e. The van der Waals surface area contributed by atoms with Crippen LogP contribution in [0.15, 0.2) is 18.2 Å². The lowest BCUT2D eigenvalue weighted by molar-refractivity contribution is -0.151. The van der Waals surface area contributed by atoms with Crippen molar-refractivity contribution in [3.05, 3.63) is 33.8 Å². The van der Waals surface area contributed by atoms with E-state index in [4.69, 9.17) is 27.9 Å². The van der Waals surface area contributed by atoms with Gasteiger partial charge >= 0.3 is 5.97 Å².